The van der Waals surface area contributed by atoms with Crippen LogP contribution in [0.5, 0.6) is 0 Å². The van der Waals surface area contributed by atoms with Crippen molar-refractivity contribution in [2.24, 2.45) is 4.99 Å². The molecule has 0 heterocycles. The number of nitrogens with zero attached hydrogens (tertiary/aromatic N) is 1. The summed E-state index contributed by atoms with van der Waals surface area (Å²) in [6.45, 7) is 2.29. The minimum absolute atomic E-state index is 0.265. The van der Waals surface area contributed by atoms with E-state index in [1.165, 1.54) is 29.5 Å². The van der Waals surface area contributed by atoms with E-state index in [0.717, 1.165) is 25.7 Å². The Labute approximate surface area is 108 Å². The first kappa shape index (κ1) is 11.7. The first-order valence-corrected chi connectivity index (χ1v) is 6.97. The highest BCUT2D eigenvalue weighted by Crippen LogP contribution is 2.44. The number of carbonyl (C=O) groups excluding carboxylic acids is 1. The molecule has 1 atom stereocenters. The van der Waals surface area contributed by atoms with Crippen molar-refractivity contribution in [1.82, 2.24) is 0 Å². The zero-order chi connectivity index (χ0) is 12.6. The lowest BCUT2D eigenvalue weighted by atomic mass is 9.86. The molecule has 2 nitrogen and oxygen atoms in total. The molecule has 18 heavy (non-hydrogen) atoms. The maximum Gasteiger partial charge on any atom is 0.235 e. The Balaban J connectivity index is 2.06. The number of rotatable bonds is 2. The molecule has 0 aromatic heterocycles. The first-order chi connectivity index (χ1) is 8.75. The van der Waals surface area contributed by atoms with Crippen molar-refractivity contribution in [3.8, 4) is 0 Å². The molecular weight excluding hydrogens is 222 g/mol. The van der Waals surface area contributed by atoms with E-state index in [9.17, 15) is 4.79 Å². The van der Waals surface area contributed by atoms with Crippen molar-refractivity contribution in [2.45, 2.75) is 56.9 Å². The van der Waals surface area contributed by atoms with Gasteiger partial charge in [0.1, 0.15) is 0 Å². The van der Waals surface area contributed by atoms with E-state index in [0.29, 0.717) is 5.92 Å². The average molecular weight is 241 g/mol. The molecule has 3 rings (SSSR count). The van der Waals surface area contributed by atoms with E-state index in [1.807, 2.05) is 0 Å². The Morgan fingerprint density at radius 3 is 2.83 bits per heavy atom. The third-order valence-corrected chi connectivity index (χ3v) is 4.75. The van der Waals surface area contributed by atoms with Gasteiger partial charge in [-0.2, -0.15) is 4.99 Å². The minimum atomic E-state index is -0.265. The van der Waals surface area contributed by atoms with Crippen LogP contribution in [0.3, 0.4) is 0 Å². The van der Waals surface area contributed by atoms with Crippen molar-refractivity contribution < 1.29 is 4.79 Å². The molecule has 0 amide bonds. The predicted octanol–water partition coefficient (Wildman–Crippen LogP) is 3.84. The van der Waals surface area contributed by atoms with Gasteiger partial charge in [-0.1, -0.05) is 38.0 Å². The number of hydrogen-bond acceptors (Lipinski definition) is 2. The van der Waals surface area contributed by atoms with Crippen LogP contribution in [-0.2, 0) is 16.8 Å². The summed E-state index contributed by atoms with van der Waals surface area (Å²) in [5.74, 6) is 0.651. The monoisotopic (exact) mass is 241 g/mol. The summed E-state index contributed by atoms with van der Waals surface area (Å²) in [5.41, 5.74) is 3.92. The number of hydrogen-bond donors (Lipinski definition) is 0. The molecule has 0 radical (unpaired) electrons. The van der Waals surface area contributed by atoms with E-state index in [1.54, 1.807) is 6.08 Å². The van der Waals surface area contributed by atoms with Crippen LogP contribution >= 0.6 is 0 Å². The largest absolute Gasteiger partial charge is 0.235 e. The molecule has 2 aliphatic rings. The average Bonchev–Trinajstić information content (AvgIpc) is 2.98. The van der Waals surface area contributed by atoms with Crippen molar-refractivity contribution >= 4 is 6.08 Å². The van der Waals surface area contributed by atoms with Gasteiger partial charge in [0.2, 0.25) is 6.08 Å². The van der Waals surface area contributed by atoms with Gasteiger partial charge in [0.25, 0.3) is 0 Å². The summed E-state index contributed by atoms with van der Waals surface area (Å²) >= 11 is 0. The van der Waals surface area contributed by atoms with Crippen molar-refractivity contribution in [1.29, 1.82) is 0 Å². The molecule has 94 valence electrons. The second kappa shape index (κ2) is 4.37. The second-order valence-electron chi connectivity index (χ2n) is 5.80. The molecule has 2 heteroatoms. The van der Waals surface area contributed by atoms with Crippen LogP contribution in [0, 0.1) is 0 Å². The third kappa shape index (κ3) is 1.72. The van der Waals surface area contributed by atoms with Crippen LogP contribution in [0.15, 0.2) is 23.2 Å². The first-order valence-electron chi connectivity index (χ1n) is 6.97. The van der Waals surface area contributed by atoms with Gasteiger partial charge in [0.15, 0.2) is 0 Å². The Hall–Kier alpha value is -1.40. The predicted molar refractivity (Wildman–Crippen MR) is 71.4 cm³/mol. The van der Waals surface area contributed by atoms with Crippen LogP contribution in [0.1, 0.15) is 61.6 Å². The fourth-order valence-corrected chi connectivity index (χ4v) is 3.61. The van der Waals surface area contributed by atoms with Crippen molar-refractivity contribution in [2.75, 3.05) is 0 Å². The summed E-state index contributed by atoms with van der Waals surface area (Å²) in [6.07, 6.45) is 8.57. The van der Waals surface area contributed by atoms with Crippen LogP contribution in [0.2, 0.25) is 0 Å². The lowest BCUT2D eigenvalue weighted by molar-refractivity contribution is 0.455. The number of benzene rings is 1. The number of fused-ring (bicyclic) bond motifs is 1. The topological polar surface area (TPSA) is 29.4 Å². The molecule has 1 aromatic carbocycles. The standard InChI is InChI=1S/C16H19NO/c1-12-4-5-13-6-7-14(10-15(12)13)16(17-11-18)8-2-3-9-16/h6-7,10,12H,2-5,8-9H2,1H3. The Bertz CT molecular complexity index is 508. The van der Waals surface area contributed by atoms with Gasteiger partial charge in [-0.25, -0.2) is 4.79 Å². The molecule has 0 saturated heterocycles. The van der Waals surface area contributed by atoms with Crippen LogP contribution in [-0.4, -0.2) is 6.08 Å². The molecule has 1 unspecified atom stereocenters. The summed E-state index contributed by atoms with van der Waals surface area (Å²) in [7, 11) is 0. The minimum Gasteiger partial charge on any atom is -0.211 e. The normalized spacial score (nSPS) is 24.6. The van der Waals surface area contributed by atoms with Gasteiger partial charge < -0.3 is 0 Å². The highest BCUT2D eigenvalue weighted by atomic mass is 16.1. The van der Waals surface area contributed by atoms with Crippen LogP contribution in [0.25, 0.3) is 0 Å². The van der Waals surface area contributed by atoms with Gasteiger partial charge in [-0.3, -0.25) is 0 Å². The summed E-state index contributed by atoms with van der Waals surface area (Å²) < 4.78 is 0. The third-order valence-electron chi connectivity index (χ3n) is 4.75. The Morgan fingerprint density at radius 1 is 1.33 bits per heavy atom. The number of isocyanates is 1. The van der Waals surface area contributed by atoms with Gasteiger partial charge >= 0.3 is 0 Å². The molecule has 1 fully saturated rings. The smallest absolute Gasteiger partial charge is 0.211 e. The van der Waals surface area contributed by atoms with Gasteiger partial charge in [-0.15, -0.1) is 0 Å². The van der Waals surface area contributed by atoms with E-state index in [4.69, 9.17) is 0 Å². The van der Waals surface area contributed by atoms with E-state index in [2.05, 4.69) is 30.1 Å². The zero-order valence-electron chi connectivity index (χ0n) is 10.9. The number of aryl methyl sites for hydroxylation is 1. The van der Waals surface area contributed by atoms with E-state index < -0.39 is 0 Å². The highest BCUT2D eigenvalue weighted by Gasteiger charge is 2.36. The number of aliphatic imine (C=N–C) groups is 1. The SMILES string of the molecule is CC1CCc2ccc(C3(N=C=O)CCCC3)cc21. The molecular formula is C16H19NO. The summed E-state index contributed by atoms with van der Waals surface area (Å²) in [5, 5.41) is 0. The molecule has 0 N–H and O–H groups in total. The Kier molecular flexibility index (Phi) is 2.83. The van der Waals surface area contributed by atoms with Crippen LogP contribution < -0.4 is 0 Å². The molecule has 1 aromatic rings. The maximum absolute atomic E-state index is 10.7. The molecule has 0 spiro atoms. The van der Waals surface area contributed by atoms with Gasteiger partial charge in [-0.05, 0) is 48.3 Å². The molecule has 0 aliphatic heterocycles. The summed E-state index contributed by atoms with van der Waals surface area (Å²) in [4.78, 5) is 14.9. The lowest BCUT2D eigenvalue weighted by Gasteiger charge is -2.24. The van der Waals surface area contributed by atoms with Crippen molar-refractivity contribution in [3.63, 3.8) is 0 Å². The molecule has 2 aliphatic carbocycles. The Morgan fingerprint density at radius 2 is 2.11 bits per heavy atom. The molecule has 1 saturated carbocycles. The zero-order valence-corrected chi connectivity index (χ0v) is 10.9. The fourth-order valence-electron chi connectivity index (χ4n) is 3.61. The quantitative estimate of drug-likeness (QED) is 0.571. The molecule has 0 bridgehead atoms. The van der Waals surface area contributed by atoms with Crippen molar-refractivity contribution in [3.05, 3.63) is 34.9 Å². The maximum atomic E-state index is 10.7. The van der Waals surface area contributed by atoms with E-state index >= 15 is 0 Å². The highest BCUT2D eigenvalue weighted by molar-refractivity contribution is 5.44. The fraction of sp³-hybridized carbons (Fsp3) is 0.562. The van der Waals surface area contributed by atoms with Crippen LogP contribution in [0.4, 0.5) is 0 Å². The summed E-state index contributed by atoms with van der Waals surface area (Å²) in [6, 6.07) is 6.73. The second-order valence-corrected chi connectivity index (χ2v) is 5.80. The van der Waals surface area contributed by atoms with Gasteiger partial charge in [0.05, 0.1) is 5.54 Å². The van der Waals surface area contributed by atoms with E-state index in [-0.39, 0.29) is 5.54 Å². The van der Waals surface area contributed by atoms with Gasteiger partial charge in [0, 0.05) is 0 Å². The lowest BCUT2D eigenvalue weighted by Crippen LogP contribution is -2.19.